The summed E-state index contributed by atoms with van der Waals surface area (Å²) >= 11 is 0. The minimum atomic E-state index is 0.138. The first-order chi connectivity index (χ1) is 11.5. The summed E-state index contributed by atoms with van der Waals surface area (Å²) < 4.78 is 0. The van der Waals surface area contributed by atoms with Crippen LogP contribution in [0.25, 0.3) is 22.2 Å². The van der Waals surface area contributed by atoms with Crippen molar-refractivity contribution in [2.75, 3.05) is 0 Å². The fraction of sp³-hybridized carbons (Fsp3) is 0.375. The van der Waals surface area contributed by atoms with E-state index in [4.69, 9.17) is 4.98 Å². The van der Waals surface area contributed by atoms with E-state index in [0.717, 1.165) is 11.2 Å². The van der Waals surface area contributed by atoms with Crippen LogP contribution >= 0.6 is 0 Å². The standard InChI is InChI=1S/C24H29N/c1-16-12-18(15-20(13-16)24(5,6)7)22-10-8-17-14-19(23(2,3)4)9-11-21(17)25-22/h8-15H,1-7H3. The van der Waals surface area contributed by atoms with Gasteiger partial charge in [-0.15, -0.1) is 0 Å². The molecule has 0 N–H and O–H groups in total. The Hall–Kier alpha value is -2.15. The third-order valence-electron chi connectivity index (χ3n) is 4.79. The molecule has 0 spiro atoms. The number of rotatable bonds is 1. The Morgan fingerprint density at radius 3 is 2.00 bits per heavy atom. The molecule has 0 atom stereocenters. The quantitative estimate of drug-likeness (QED) is 0.477. The molecule has 0 saturated heterocycles. The van der Waals surface area contributed by atoms with Gasteiger partial charge >= 0.3 is 0 Å². The molecule has 0 aliphatic rings. The molecule has 3 aromatic rings. The topological polar surface area (TPSA) is 12.9 Å². The highest BCUT2D eigenvalue weighted by Gasteiger charge is 2.16. The van der Waals surface area contributed by atoms with Crippen molar-refractivity contribution in [3.05, 3.63) is 65.2 Å². The van der Waals surface area contributed by atoms with Gasteiger partial charge in [0.2, 0.25) is 0 Å². The van der Waals surface area contributed by atoms with Gasteiger partial charge < -0.3 is 0 Å². The molecular weight excluding hydrogens is 302 g/mol. The molecule has 0 aliphatic carbocycles. The van der Waals surface area contributed by atoms with E-state index in [2.05, 4.69) is 97.0 Å². The van der Waals surface area contributed by atoms with Crippen molar-refractivity contribution in [1.29, 1.82) is 0 Å². The number of pyridine rings is 1. The lowest BCUT2D eigenvalue weighted by Crippen LogP contribution is -2.11. The number of hydrogen-bond acceptors (Lipinski definition) is 1. The maximum absolute atomic E-state index is 4.93. The molecule has 25 heavy (non-hydrogen) atoms. The van der Waals surface area contributed by atoms with Crippen LogP contribution in [-0.4, -0.2) is 4.98 Å². The molecule has 0 fully saturated rings. The van der Waals surface area contributed by atoms with Crippen LogP contribution in [0, 0.1) is 6.92 Å². The van der Waals surface area contributed by atoms with Crippen LogP contribution < -0.4 is 0 Å². The van der Waals surface area contributed by atoms with Gasteiger partial charge in [0.25, 0.3) is 0 Å². The first kappa shape index (κ1) is 17.7. The van der Waals surface area contributed by atoms with Gasteiger partial charge in [0.1, 0.15) is 0 Å². The zero-order valence-electron chi connectivity index (χ0n) is 16.6. The van der Waals surface area contributed by atoms with E-state index in [9.17, 15) is 0 Å². The predicted molar refractivity (Wildman–Crippen MR) is 109 cm³/mol. The number of aromatic nitrogens is 1. The van der Waals surface area contributed by atoms with Gasteiger partial charge in [0, 0.05) is 10.9 Å². The normalized spacial score (nSPS) is 12.6. The average molecular weight is 332 g/mol. The first-order valence-corrected chi connectivity index (χ1v) is 9.08. The van der Waals surface area contributed by atoms with E-state index in [1.807, 2.05) is 0 Å². The molecular formula is C24H29N. The fourth-order valence-electron chi connectivity index (χ4n) is 3.12. The summed E-state index contributed by atoms with van der Waals surface area (Å²) in [6.07, 6.45) is 0. The minimum Gasteiger partial charge on any atom is -0.248 e. The Morgan fingerprint density at radius 1 is 0.680 bits per heavy atom. The number of nitrogens with zero attached hydrogens (tertiary/aromatic N) is 1. The molecule has 2 aromatic carbocycles. The molecule has 1 heterocycles. The maximum atomic E-state index is 4.93. The summed E-state index contributed by atoms with van der Waals surface area (Å²) in [5, 5.41) is 1.21. The zero-order valence-corrected chi connectivity index (χ0v) is 16.6. The molecule has 130 valence electrons. The van der Waals surface area contributed by atoms with Crippen LogP contribution in [0.1, 0.15) is 58.2 Å². The van der Waals surface area contributed by atoms with Crippen LogP contribution in [0.15, 0.2) is 48.5 Å². The van der Waals surface area contributed by atoms with E-state index in [-0.39, 0.29) is 10.8 Å². The molecule has 3 rings (SSSR count). The zero-order chi connectivity index (χ0) is 18.4. The highest BCUT2D eigenvalue weighted by Crippen LogP contribution is 2.30. The second kappa shape index (κ2) is 5.98. The van der Waals surface area contributed by atoms with E-state index in [0.29, 0.717) is 0 Å². The van der Waals surface area contributed by atoms with Crippen molar-refractivity contribution in [1.82, 2.24) is 4.98 Å². The Kier molecular flexibility index (Phi) is 4.23. The summed E-state index contributed by atoms with van der Waals surface area (Å²) in [5.41, 5.74) is 7.59. The van der Waals surface area contributed by atoms with Gasteiger partial charge in [-0.25, -0.2) is 4.98 Å². The fourth-order valence-corrected chi connectivity index (χ4v) is 3.12. The third-order valence-corrected chi connectivity index (χ3v) is 4.79. The van der Waals surface area contributed by atoms with Gasteiger partial charge in [-0.05, 0) is 59.2 Å². The summed E-state index contributed by atoms with van der Waals surface area (Å²) in [6, 6.07) is 17.8. The second-order valence-corrected chi connectivity index (χ2v) is 9.19. The first-order valence-electron chi connectivity index (χ1n) is 9.08. The van der Waals surface area contributed by atoms with Gasteiger partial charge in [0.05, 0.1) is 11.2 Å². The van der Waals surface area contributed by atoms with Crippen LogP contribution in [0.4, 0.5) is 0 Å². The van der Waals surface area contributed by atoms with Crippen LogP contribution in [0.5, 0.6) is 0 Å². The van der Waals surface area contributed by atoms with Crippen LogP contribution in [0.3, 0.4) is 0 Å². The van der Waals surface area contributed by atoms with Gasteiger partial charge in [0.15, 0.2) is 0 Å². The molecule has 1 nitrogen and oxygen atoms in total. The Bertz CT molecular complexity index is 921. The summed E-state index contributed by atoms with van der Waals surface area (Å²) in [4.78, 5) is 4.93. The van der Waals surface area contributed by atoms with Crippen molar-refractivity contribution in [3.63, 3.8) is 0 Å². The van der Waals surface area contributed by atoms with E-state index in [1.165, 1.54) is 27.6 Å². The second-order valence-electron chi connectivity index (χ2n) is 9.19. The molecule has 0 amide bonds. The minimum absolute atomic E-state index is 0.138. The number of benzene rings is 2. The van der Waals surface area contributed by atoms with Crippen molar-refractivity contribution < 1.29 is 0 Å². The van der Waals surface area contributed by atoms with Crippen molar-refractivity contribution >= 4 is 10.9 Å². The molecule has 0 unspecified atom stereocenters. The van der Waals surface area contributed by atoms with E-state index in [1.54, 1.807) is 0 Å². The molecule has 0 radical (unpaired) electrons. The van der Waals surface area contributed by atoms with E-state index >= 15 is 0 Å². The lowest BCUT2D eigenvalue weighted by Gasteiger charge is -2.21. The smallest absolute Gasteiger partial charge is 0.0709 e. The molecule has 0 aliphatic heterocycles. The predicted octanol–water partition coefficient (Wildman–Crippen LogP) is 6.81. The van der Waals surface area contributed by atoms with Gasteiger partial charge in [-0.2, -0.15) is 0 Å². The highest BCUT2D eigenvalue weighted by atomic mass is 14.7. The molecule has 1 aromatic heterocycles. The lowest BCUT2D eigenvalue weighted by atomic mass is 9.84. The van der Waals surface area contributed by atoms with Gasteiger partial charge in [-0.3, -0.25) is 0 Å². The summed E-state index contributed by atoms with van der Waals surface area (Å²) in [7, 11) is 0. The van der Waals surface area contributed by atoms with E-state index < -0.39 is 0 Å². The summed E-state index contributed by atoms with van der Waals surface area (Å²) in [5.74, 6) is 0. The average Bonchev–Trinajstić information content (AvgIpc) is 2.51. The lowest BCUT2D eigenvalue weighted by molar-refractivity contribution is 0.590. The SMILES string of the molecule is Cc1cc(-c2ccc3cc(C(C)(C)C)ccc3n2)cc(C(C)(C)C)c1. The molecule has 0 saturated carbocycles. The number of fused-ring (bicyclic) bond motifs is 1. The highest BCUT2D eigenvalue weighted by molar-refractivity contribution is 5.82. The van der Waals surface area contributed by atoms with Crippen molar-refractivity contribution in [2.45, 2.75) is 59.3 Å². The Labute approximate surface area is 152 Å². The third kappa shape index (κ3) is 3.76. The summed E-state index contributed by atoms with van der Waals surface area (Å²) in [6.45, 7) is 15.7. The Balaban J connectivity index is 2.10. The maximum Gasteiger partial charge on any atom is 0.0709 e. The molecule has 1 heteroatoms. The van der Waals surface area contributed by atoms with Crippen LogP contribution in [0.2, 0.25) is 0 Å². The number of aryl methyl sites for hydroxylation is 1. The molecule has 0 bridgehead atoms. The van der Waals surface area contributed by atoms with Crippen molar-refractivity contribution in [2.24, 2.45) is 0 Å². The Morgan fingerprint density at radius 2 is 1.36 bits per heavy atom. The monoisotopic (exact) mass is 331 g/mol. The van der Waals surface area contributed by atoms with Crippen molar-refractivity contribution in [3.8, 4) is 11.3 Å². The number of hydrogen-bond donors (Lipinski definition) is 0. The largest absolute Gasteiger partial charge is 0.248 e. The van der Waals surface area contributed by atoms with Crippen LogP contribution in [-0.2, 0) is 10.8 Å². The van der Waals surface area contributed by atoms with Gasteiger partial charge in [-0.1, -0.05) is 65.3 Å².